The Kier molecular flexibility index (Phi) is 4.83. The van der Waals surface area contributed by atoms with Crippen molar-refractivity contribution in [2.45, 2.75) is 6.92 Å². The monoisotopic (exact) mass is 229 g/mol. The summed E-state index contributed by atoms with van der Waals surface area (Å²) in [6.07, 6.45) is 7.07. The van der Waals surface area contributed by atoms with Crippen LogP contribution in [0.15, 0.2) is 35.9 Å². The Bertz CT molecular complexity index is 469. The lowest BCUT2D eigenvalue weighted by molar-refractivity contribution is -0.136. The van der Waals surface area contributed by atoms with E-state index in [0.29, 0.717) is 12.1 Å². The minimum Gasteiger partial charge on any atom is -0.466 e. The molecule has 0 atom stereocenters. The van der Waals surface area contributed by atoms with E-state index in [9.17, 15) is 4.79 Å². The van der Waals surface area contributed by atoms with Crippen LogP contribution in [-0.2, 0) is 9.53 Å². The predicted molar refractivity (Wildman–Crippen MR) is 68.6 cm³/mol. The average molecular weight is 229 g/mol. The maximum absolute atomic E-state index is 11.1. The highest BCUT2D eigenvalue weighted by molar-refractivity contribution is 5.87. The molecule has 0 aliphatic carbocycles. The number of ether oxygens (including phenoxy) is 1. The summed E-state index contributed by atoms with van der Waals surface area (Å²) in [6, 6.07) is 7.54. The molecule has 0 bridgehead atoms. The Morgan fingerprint density at radius 1 is 1.59 bits per heavy atom. The molecule has 1 aromatic rings. The van der Waals surface area contributed by atoms with Gasteiger partial charge >= 0.3 is 5.97 Å². The molecule has 0 amide bonds. The number of hydrogen-bond donors (Lipinski definition) is 1. The highest BCUT2D eigenvalue weighted by atomic mass is 16.5. The summed E-state index contributed by atoms with van der Waals surface area (Å²) in [5.74, 6) is 2.25. The van der Waals surface area contributed by atoms with Gasteiger partial charge in [0.15, 0.2) is 0 Å². The van der Waals surface area contributed by atoms with Crippen LogP contribution in [0.25, 0.3) is 0 Å². The van der Waals surface area contributed by atoms with Crippen LogP contribution in [0, 0.1) is 12.3 Å². The van der Waals surface area contributed by atoms with Crippen LogP contribution in [0.5, 0.6) is 0 Å². The van der Waals surface area contributed by atoms with Gasteiger partial charge in [-0.1, -0.05) is 18.1 Å². The third-order valence-electron chi connectivity index (χ3n) is 2.25. The van der Waals surface area contributed by atoms with Gasteiger partial charge in [0.25, 0.3) is 0 Å². The van der Waals surface area contributed by atoms with Crippen molar-refractivity contribution in [3.05, 3.63) is 41.5 Å². The van der Waals surface area contributed by atoms with Crippen molar-refractivity contribution >= 4 is 11.7 Å². The molecular formula is C14H15NO2. The second-order valence-electron chi connectivity index (χ2n) is 3.48. The van der Waals surface area contributed by atoms with E-state index in [4.69, 9.17) is 6.42 Å². The van der Waals surface area contributed by atoms with Crippen LogP contribution in [0.4, 0.5) is 5.69 Å². The van der Waals surface area contributed by atoms with Crippen LogP contribution < -0.4 is 5.32 Å². The standard InChI is InChI=1S/C14H15NO2/c1-4-12-6-5-7-13(10-12)15-9-8-11(2)14(16)17-3/h1,5-8,10,15H,9H2,2-3H3/b11-8+. The fourth-order valence-electron chi connectivity index (χ4n) is 1.29. The number of esters is 1. The number of rotatable bonds is 4. The van der Waals surface area contributed by atoms with E-state index in [-0.39, 0.29) is 5.97 Å². The van der Waals surface area contributed by atoms with Crippen molar-refractivity contribution < 1.29 is 9.53 Å². The second-order valence-corrected chi connectivity index (χ2v) is 3.48. The molecule has 0 heterocycles. The van der Waals surface area contributed by atoms with E-state index < -0.39 is 0 Å². The summed E-state index contributed by atoms with van der Waals surface area (Å²) in [5, 5.41) is 3.15. The van der Waals surface area contributed by atoms with Crippen LogP contribution in [0.2, 0.25) is 0 Å². The number of nitrogens with one attached hydrogen (secondary N) is 1. The lowest BCUT2D eigenvalue weighted by atomic mass is 10.2. The number of benzene rings is 1. The topological polar surface area (TPSA) is 38.3 Å². The average Bonchev–Trinajstić information content (AvgIpc) is 2.37. The molecule has 0 aromatic heterocycles. The van der Waals surface area contributed by atoms with Crippen molar-refractivity contribution in [2.24, 2.45) is 0 Å². The number of methoxy groups -OCH3 is 1. The Morgan fingerprint density at radius 2 is 2.35 bits per heavy atom. The molecule has 0 spiro atoms. The van der Waals surface area contributed by atoms with Gasteiger partial charge in [0.05, 0.1) is 7.11 Å². The van der Waals surface area contributed by atoms with Gasteiger partial charge in [0.2, 0.25) is 0 Å². The van der Waals surface area contributed by atoms with E-state index in [1.165, 1.54) is 7.11 Å². The summed E-state index contributed by atoms with van der Waals surface area (Å²) in [5.41, 5.74) is 2.33. The molecule has 0 radical (unpaired) electrons. The van der Waals surface area contributed by atoms with Crippen molar-refractivity contribution in [1.29, 1.82) is 0 Å². The highest BCUT2D eigenvalue weighted by Gasteiger charge is 2.01. The Hall–Kier alpha value is -2.21. The third kappa shape index (κ3) is 4.04. The van der Waals surface area contributed by atoms with Crippen molar-refractivity contribution in [3.8, 4) is 12.3 Å². The quantitative estimate of drug-likeness (QED) is 0.488. The molecular weight excluding hydrogens is 214 g/mol. The molecule has 3 heteroatoms. The molecule has 0 unspecified atom stereocenters. The molecule has 1 aromatic carbocycles. The Balaban J connectivity index is 2.57. The van der Waals surface area contributed by atoms with Gasteiger partial charge in [0, 0.05) is 23.4 Å². The lowest BCUT2D eigenvalue weighted by Crippen LogP contribution is -2.05. The van der Waals surface area contributed by atoms with Crippen LogP contribution in [-0.4, -0.2) is 19.6 Å². The van der Waals surface area contributed by atoms with E-state index in [1.807, 2.05) is 24.3 Å². The van der Waals surface area contributed by atoms with Gasteiger partial charge in [-0.05, 0) is 25.1 Å². The third-order valence-corrected chi connectivity index (χ3v) is 2.25. The first-order valence-electron chi connectivity index (χ1n) is 5.23. The molecule has 1 N–H and O–H groups in total. The summed E-state index contributed by atoms with van der Waals surface area (Å²) >= 11 is 0. The van der Waals surface area contributed by atoms with Gasteiger partial charge in [-0.2, -0.15) is 0 Å². The van der Waals surface area contributed by atoms with E-state index >= 15 is 0 Å². The fourth-order valence-corrected chi connectivity index (χ4v) is 1.29. The van der Waals surface area contributed by atoms with E-state index in [2.05, 4.69) is 16.0 Å². The summed E-state index contributed by atoms with van der Waals surface area (Å²) in [4.78, 5) is 11.1. The van der Waals surface area contributed by atoms with Gasteiger partial charge < -0.3 is 10.1 Å². The summed E-state index contributed by atoms with van der Waals surface area (Å²) in [7, 11) is 1.36. The number of terminal acetylenes is 1. The lowest BCUT2D eigenvalue weighted by Gasteiger charge is -2.04. The summed E-state index contributed by atoms with van der Waals surface area (Å²) < 4.78 is 4.59. The normalized spacial score (nSPS) is 10.5. The maximum atomic E-state index is 11.1. The van der Waals surface area contributed by atoms with Crippen molar-refractivity contribution in [1.82, 2.24) is 0 Å². The van der Waals surface area contributed by atoms with E-state index in [1.54, 1.807) is 13.0 Å². The molecule has 0 saturated heterocycles. The van der Waals surface area contributed by atoms with Gasteiger partial charge in [-0.15, -0.1) is 6.42 Å². The first kappa shape index (κ1) is 12.9. The zero-order valence-corrected chi connectivity index (χ0v) is 9.99. The molecule has 0 aliphatic rings. The molecule has 17 heavy (non-hydrogen) atoms. The second kappa shape index (κ2) is 6.39. The largest absolute Gasteiger partial charge is 0.466 e. The van der Waals surface area contributed by atoms with Crippen molar-refractivity contribution in [2.75, 3.05) is 19.0 Å². The SMILES string of the molecule is C#Cc1cccc(NC/C=C(\C)C(=O)OC)c1. The zero-order valence-electron chi connectivity index (χ0n) is 9.99. The van der Waals surface area contributed by atoms with Gasteiger partial charge in [-0.3, -0.25) is 0 Å². The molecule has 0 saturated carbocycles. The molecule has 1 rings (SSSR count). The molecule has 3 nitrogen and oxygen atoms in total. The number of carbonyl (C=O) groups excluding carboxylic acids is 1. The van der Waals surface area contributed by atoms with Crippen LogP contribution >= 0.6 is 0 Å². The van der Waals surface area contributed by atoms with Gasteiger partial charge in [-0.25, -0.2) is 4.79 Å². The summed E-state index contributed by atoms with van der Waals surface area (Å²) in [6.45, 7) is 2.26. The van der Waals surface area contributed by atoms with Crippen molar-refractivity contribution in [3.63, 3.8) is 0 Å². The van der Waals surface area contributed by atoms with E-state index in [0.717, 1.165) is 11.3 Å². The van der Waals surface area contributed by atoms with Gasteiger partial charge in [0.1, 0.15) is 0 Å². The minimum atomic E-state index is -0.316. The Morgan fingerprint density at radius 3 is 3.00 bits per heavy atom. The van der Waals surface area contributed by atoms with Crippen LogP contribution in [0.3, 0.4) is 0 Å². The molecule has 0 aliphatic heterocycles. The first-order valence-corrected chi connectivity index (χ1v) is 5.23. The zero-order chi connectivity index (χ0) is 12.7. The fraction of sp³-hybridized carbons (Fsp3) is 0.214. The molecule has 88 valence electrons. The number of hydrogen-bond acceptors (Lipinski definition) is 3. The number of anilines is 1. The Labute approximate surface area is 101 Å². The smallest absolute Gasteiger partial charge is 0.333 e. The first-order chi connectivity index (χ1) is 8.17. The highest BCUT2D eigenvalue weighted by Crippen LogP contribution is 2.09. The number of carbonyl (C=O) groups is 1. The maximum Gasteiger partial charge on any atom is 0.333 e. The minimum absolute atomic E-state index is 0.316. The predicted octanol–water partition coefficient (Wildman–Crippen LogP) is 2.20. The van der Waals surface area contributed by atoms with Crippen LogP contribution in [0.1, 0.15) is 12.5 Å². The molecule has 0 fully saturated rings.